The molecule has 188 valence electrons. The number of fused-ring (bicyclic) bond motifs is 1. The molecule has 0 radical (unpaired) electrons. The molecule has 2 N–H and O–H groups in total. The van der Waals surface area contributed by atoms with E-state index in [4.69, 9.17) is 4.99 Å². The van der Waals surface area contributed by atoms with Crippen molar-refractivity contribution in [2.75, 3.05) is 29.1 Å². The summed E-state index contributed by atoms with van der Waals surface area (Å²) in [7, 11) is 2.00. The highest BCUT2D eigenvalue weighted by molar-refractivity contribution is 8.19. The van der Waals surface area contributed by atoms with E-state index in [1.807, 2.05) is 74.6 Å². The van der Waals surface area contributed by atoms with Crippen LogP contribution in [0.25, 0.3) is 0 Å². The van der Waals surface area contributed by atoms with Crippen LogP contribution in [-0.2, 0) is 16.1 Å². The molecular weight excluding hydrogens is 502 g/mol. The lowest BCUT2D eigenvalue weighted by molar-refractivity contribution is -0.122. The molecule has 0 aromatic heterocycles. The van der Waals surface area contributed by atoms with Gasteiger partial charge in [0.2, 0.25) is 5.91 Å². The van der Waals surface area contributed by atoms with Crippen molar-refractivity contribution < 1.29 is 9.59 Å². The minimum atomic E-state index is -0.136. The Hall–Kier alpha value is -3.69. The predicted octanol–water partition coefficient (Wildman–Crippen LogP) is 6.25. The van der Waals surface area contributed by atoms with E-state index in [-0.39, 0.29) is 11.8 Å². The Balaban J connectivity index is 1.56. The molecule has 3 aromatic rings. The number of para-hydroxylation sites is 1. The number of hydrogen-bond acceptors (Lipinski definition) is 7. The Kier molecular flexibility index (Phi) is 7.25. The molecule has 0 saturated carbocycles. The zero-order chi connectivity index (χ0) is 25.9. The molecule has 5 rings (SSSR count). The second-order valence-corrected chi connectivity index (χ2v) is 10.6. The molecule has 3 aromatic carbocycles. The van der Waals surface area contributed by atoms with E-state index >= 15 is 0 Å². The number of amides is 2. The molecule has 0 unspecified atom stereocenters. The van der Waals surface area contributed by atoms with E-state index in [1.165, 1.54) is 18.7 Å². The SMILES string of the molecule is CCNc1cc(NC(C)=O)ccc1/N=C1\S/C(=C2\Sc3ccccc3N2C)C(=O)N1Cc1ccccc1. The highest BCUT2D eigenvalue weighted by Gasteiger charge is 2.39. The predicted molar refractivity (Wildman–Crippen MR) is 154 cm³/mol. The van der Waals surface area contributed by atoms with Crippen LogP contribution in [0, 0.1) is 0 Å². The number of carbonyl (C=O) groups excluding carboxylic acids is 2. The lowest BCUT2D eigenvalue weighted by atomic mass is 10.2. The second kappa shape index (κ2) is 10.7. The summed E-state index contributed by atoms with van der Waals surface area (Å²) in [5.41, 5.74) is 4.29. The molecule has 0 aliphatic carbocycles. The summed E-state index contributed by atoms with van der Waals surface area (Å²) in [5.74, 6) is -0.197. The molecule has 2 aliphatic rings. The van der Waals surface area contributed by atoms with Gasteiger partial charge < -0.3 is 15.5 Å². The van der Waals surface area contributed by atoms with Crippen LogP contribution in [-0.4, -0.2) is 35.5 Å². The van der Waals surface area contributed by atoms with Gasteiger partial charge in [0.1, 0.15) is 4.91 Å². The lowest BCUT2D eigenvalue weighted by Crippen LogP contribution is -2.29. The summed E-state index contributed by atoms with van der Waals surface area (Å²) in [6.07, 6.45) is 0. The van der Waals surface area contributed by atoms with Crippen molar-refractivity contribution in [3.63, 3.8) is 0 Å². The average Bonchev–Trinajstić information content (AvgIpc) is 3.37. The zero-order valence-corrected chi connectivity index (χ0v) is 22.5. The number of nitrogens with one attached hydrogen (secondary N) is 2. The molecule has 0 spiro atoms. The van der Waals surface area contributed by atoms with Crippen LogP contribution in [0.5, 0.6) is 0 Å². The van der Waals surface area contributed by atoms with Gasteiger partial charge in [0, 0.05) is 31.1 Å². The number of nitrogens with zero attached hydrogens (tertiary/aromatic N) is 3. The smallest absolute Gasteiger partial charge is 0.269 e. The molecule has 9 heteroatoms. The minimum absolute atomic E-state index is 0.0605. The van der Waals surface area contributed by atoms with Gasteiger partial charge >= 0.3 is 0 Å². The third-order valence-electron chi connectivity index (χ3n) is 5.88. The standard InChI is InChI=1S/C28H27N5O2S2/c1-4-29-22-16-20(30-18(2)34)14-15-21(22)31-28-33(17-19-10-6-5-7-11-19)26(35)25(37-28)27-32(3)23-12-8-9-13-24(23)36-27/h5-16,29H,4,17H2,1-3H3,(H,30,34)/b27-25-,31-28-. The van der Waals surface area contributed by atoms with E-state index in [2.05, 4.69) is 27.7 Å². The van der Waals surface area contributed by atoms with Crippen LogP contribution < -0.4 is 15.5 Å². The highest BCUT2D eigenvalue weighted by atomic mass is 32.2. The summed E-state index contributed by atoms with van der Waals surface area (Å²) < 4.78 is 0. The van der Waals surface area contributed by atoms with Gasteiger partial charge in [-0.3, -0.25) is 14.5 Å². The maximum Gasteiger partial charge on any atom is 0.269 e. The topological polar surface area (TPSA) is 77.0 Å². The van der Waals surface area contributed by atoms with Crippen molar-refractivity contribution in [2.24, 2.45) is 4.99 Å². The molecule has 1 fully saturated rings. The maximum absolute atomic E-state index is 13.8. The Morgan fingerprint density at radius 1 is 1.00 bits per heavy atom. The Morgan fingerprint density at radius 3 is 2.49 bits per heavy atom. The van der Waals surface area contributed by atoms with Crippen LogP contribution >= 0.6 is 23.5 Å². The fourth-order valence-corrected chi connectivity index (χ4v) is 6.51. The number of carbonyl (C=O) groups is 2. The Bertz CT molecular complexity index is 1420. The molecule has 1 saturated heterocycles. The van der Waals surface area contributed by atoms with E-state index in [9.17, 15) is 9.59 Å². The molecule has 2 heterocycles. The zero-order valence-electron chi connectivity index (χ0n) is 20.8. The van der Waals surface area contributed by atoms with E-state index in [0.717, 1.165) is 26.9 Å². The average molecular weight is 530 g/mol. The van der Waals surface area contributed by atoms with Crippen molar-refractivity contribution >= 4 is 63.3 Å². The van der Waals surface area contributed by atoms with Crippen molar-refractivity contribution in [3.8, 4) is 0 Å². The number of anilines is 3. The first-order chi connectivity index (χ1) is 17.9. The molecular formula is C28H27N5O2S2. The summed E-state index contributed by atoms with van der Waals surface area (Å²) in [5, 5.41) is 7.67. The Morgan fingerprint density at radius 2 is 1.76 bits per heavy atom. The van der Waals surface area contributed by atoms with Gasteiger partial charge in [-0.2, -0.15) is 0 Å². The maximum atomic E-state index is 13.8. The number of hydrogen-bond donors (Lipinski definition) is 2. The van der Waals surface area contributed by atoms with Gasteiger partial charge in [-0.25, -0.2) is 4.99 Å². The molecule has 2 amide bonds. The first kappa shape index (κ1) is 25.0. The van der Waals surface area contributed by atoms with Crippen molar-refractivity contribution in [3.05, 3.63) is 88.3 Å². The van der Waals surface area contributed by atoms with Gasteiger partial charge in [0.05, 0.1) is 28.6 Å². The fraction of sp³-hybridized carbons (Fsp3) is 0.179. The van der Waals surface area contributed by atoms with Gasteiger partial charge in [-0.05, 0) is 54.6 Å². The largest absolute Gasteiger partial charge is 0.384 e. The van der Waals surface area contributed by atoms with Crippen LogP contribution in [0.1, 0.15) is 19.4 Å². The fourth-order valence-electron chi connectivity index (χ4n) is 4.17. The van der Waals surface area contributed by atoms with Gasteiger partial charge in [-0.15, -0.1) is 0 Å². The normalized spacial score (nSPS) is 17.9. The second-order valence-electron chi connectivity index (χ2n) is 8.58. The van der Waals surface area contributed by atoms with Crippen molar-refractivity contribution in [1.82, 2.24) is 4.90 Å². The molecule has 0 atom stereocenters. The Labute approximate surface area is 225 Å². The molecule has 37 heavy (non-hydrogen) atoms. The number of thioether (sulfide) groups is 2. The summed E-state index contributed by atoms with van der Waals surface area (Å²) >= 11 is 3.01. The molecule has 0 bridgehead atoms. The van der Waals surface area contributed by atoms with Crippen LogP contribution in [0.15, 0.2) is 92.6 Å². The number of benzene rings is 3. The minimum Gasteiger partial charge on any atom is -0.384 e. The van der Waals surface area contributed by atoms with Gasteiger partial charge in [0.15, 0.2) is 5.17 Å². The highest BCUT2D eigenvalue weighted by Crippen LogP contribution is 2.50. The molecule has 7 nitrogen and oxygen atoms in total. The van der Waals surface area contributed by atoms with E-state index in [1.54, 1.807) is 16.7 Å². The van der Waals surface area contributed by atoms with E-state index < -0.39 is 0 Å². The molecule has 2 aliphatic heterocycles. The number of aliphatic imine (C=N–C) groups is 1. The third-order valence-corrected chi connectivity index (χ3v) is 8.31. The van der Waals surface area contributed by atoms with Gasteiger partial charge in [-0.1, -0.05) is 54.2 Å². The monoisotopic (exact) mass is 529 g/mol. The summed E-state index contributed by atoms with van der Waals surface area (Å²) in [6.45, 7) is 4.60. The van der Waals surface area contributed by atoms with Crippen LogP contribution in [0.4, 0.5) is 22.7 Å². The first-order valence-electron chi connectivity index (χ1n) is 12.0. The summed E-state index contributed by atoms with van der Waals surface area (Å²) in [6, 6.07) is 23.6. The number of amidine groups is 1. The first-order valence-corrected chi connectivity index (χ1v) is 13.6. The van der Waals surface area contributed by atoms with Gasteiger partial charge in [0.25, 0.3) is 5.91 Å². The lowest BCUT2D eigenvalue weighted by Gasteiger charge is -2.17. The third kappa shape index (κ3) is 5.23. The summed E-state index contributed by atoms with van der Waals surface area (Å²) in [4.78, 5) is 36.0. The number of rotatable bonds is 6. The van der Waals surface area contributed by atoms with Crippen molar-refractivity contribution in [1.29, 1.82) is 0 Å². The van der Waals surface area contributed by atoms with Crippen LogP contribution in [0.2, 0.25) is 0 Å². The van der Waals surface area contributed by atoms with Crippen molar-refractivity contribution in [2.45, 2.75) is 25.3 Å². The van der Waals surface area contributed by atoms with Crippen LogP contribution in [0.3, 0.4) is 0 Å². The quantitative estimate of drug-likeness (QED) is 0.368. The van der Waals surface area contributed by atoms with E-state index in [0.29, 0.717) is 34.5 Å².